The van der Waals surface area contributed by atoms with Crippen molar-refractivity contribution < 1.29 is 27.4 Å². The number of benzene rings is 1. The van der Waals surface area contributed by atoms with E-state index in [9.17, 15) is 13.2 Å². The van der Waals surface area contributed by atoms with Gasteiger partial charge in [0.15, 0.2) is 17.5 Å². The summed E-state index contributed by atoms with van der Waals surface area (Å²) in [6.07, 6.45) is 0.815. The fourth-order valence-electron chi connectivity index (χ4n) is 2.28. The summed E-state index contributed by atoms with van der Waals surface area (Å²) in [6, 6.07) is 1.67. The summed E-state index contributed by atoms with van der Waals surface area (Å²) >= 11 is 0. The fraction of sp³-hybridized carbons (Fsp3) is 0.538. The summed E-state index contributed by atoms with van der Waals surface area (Å²) in [7, 11) is 0. The molecule has 3 nitrogen and oxygen atoms in total. The lowest BCUT2D eigenvalue weighted by Crippen LogP contribution is -2.58. The van der Waals surface area contributed by atoms with Crippen LogP contribution in [0.5, 0.6) is 0 Å². The van der Waals surface area contributed by atoms with Crippen molar-refractivity contribution in [3.63, 3.8) is 0 Å². The first kappa shape index (κ1) is 12.9. The average molecular weight is 274 g/mol. The Bertz CT molecular complexity index is 470. The summed E-state index contributed by atoms with van der Waals surface area (Å²) in [5, 5.41) is 0. The molecule has 0 aromatic heterocycles. The maximum Gasteiger partial charge on any atom is 0.312 e. The molecule has 0 N–H and O–H groups in total. The van der Waals surface area contributed by atoms with Gasteiger partial charge in [0.1, 0.15) is 0 Å². The molecule has 0 spiro atoms. The van der Waals surface area contributed by atoms with Gasteiger partial charge in [-0.2, -0.15) is 0 Å². The first-order valence-corrected chi connectivity index (χ1v) is 6.07. The molecule has 1 aromatic rings. The van der Waals surface area contributed by atoms with Crippen LogP contribution in [0.1, 0.15) is 18.9 Å². The average Bonchev–Trinajstić information content (AvgIpc) is 2.46. The monoisotopic (exact) mass is 274 g/mol. The van der Waals surface area contributed by atoms with Crippen LogP contribution in [0.2, 0.25) is 0 Å². The molecule has 3 saturated heterocycles. The van der Waals surface area contributed by atoms with Gasteiger partial charge in [0.2, 0.25) is 0 Å². The third-order valence-electron chi connectivity index (χ3n) is 3.79. The van der Waals surface area contributed by atoms with E-state index in [1.807, 2.05) is 6.92 Å². The van der Waals surface area contributed by atoms with Gasteiger partial charge in [0.05, 0.1) is 19.8 Å². The minimum Gasteiger partial charge on any atom is -0.323 e. The predicted octanol–water partition coefficient (Wildman–Crippen LogP) is 2.69. The van der Waals surface area contributed by atoms with Crippen LogP contribution >= 0.6 is 0 Å². The van der Waals surface area contributed by atoms with Crippen LogP contribution in [0.4, 0.5) is 13.2 Å². The summed E-state index contributed by atoms with van der Waals surface area (Å²) in [4.78, 5) is 0. The standard InChI is InChI=1S/C13H13F3O3/c1-2-12-5-17-13(18-6-12,19-7-12)8-3-9(14)11(16)10(15)4-8/h3-4H,2,5-7H2,1H3. The zero-order valence-corrected chi connectivity index (χ0v) is 10.3. The number of ether oxygens (including phenoxy) is 3. The van der Waals surface area contributed by atoms with Gasteiger partial charge in [-0.25, -0.2) is 13.2 Å². The third-order valence-corrected chi connectivity index (χ3v) is 3.79. The van der Waals surface area contributed by atoms with Crippen LogP contribution in [0, 0.1) is 22.9 Å². The quantitative estimate of drug-likeness (QED) is 0.776. The second kappa shape index (κ2) is 4.19. The maximum absolute atomic E-state index is 13.3. The molecule has 3 fully saturated rings. The maximum atomic E-state index is 13.3. The molecule has 6 heteroatoms. The van der Waals surface area contributed by atoms with E-state index >= 15 is 0 Å². The Hall–Kier alpha value is -1.11. The summed E-state index contributed by atoms with van der Waals surface area (Å²) < 4.78 is 56.0. The molecule has 3 aliphatic rings. The molecule has 19 heavy (non-hydrogen) atoms. The van der Waals surface area contributed by atoms with Gasteiger partial charge in [0.25, 0.3) is 0 Å². The Morgan fingerprint density at radius 1 is 1.00 bits per heavy atom. The molecule has 0 radical (unpaired) electrons. The van der Waals surface area contributed by atoms with Gasteiger partial charge in [-0.1, -0.05) is 6.92 Å². The van der Waals surface area contributed by atoms with E-state index < -0.39 is 23.4 Å². The second-order valence-electron chi connectivity index (χ2n) is 5.03. The van der Waals surface area contributed by atoms with Gasteiger partial charge >= 0.3 is 5.97 Å². The topological polar surface area (TPSA) is 27.7 Å². The molecule has 0 aliphatic carbocycles. The Labute approximate surface area is 108 Å². The van der Waals surface area contributed by atoms with Crippen molar-refractivity contribution >= 4 is 0 Å². The first-order chi connectivity index (χ1) is 9.00. The molecule has 3 aliphatic heterocycles. The lowest BCUT2D eigenvalue weighted by atomic mass is 9.85. The number of halogens is 3. The van der Waals surface area contributed by atoms with Crippen LogP contribution < -0.4 is 0 Å². The van der Waals surface area contributed by atoms with E-state index in [1.165, 1.54) is 0 Å². The van der Waals surface area contributed by atoms with Crippen molar-refractivity contribution in [3.8, 4) is 0 Å². The van der Waals surface area contributed by atoms with Crippen molar-refractivity contribution in [3.05, 3.63) is 35.1 Å². The van der Waals surface area contributed by atoms with Crippen LogP contribution in [-0.2, 0) is 20.2 Å². The summed E-state index contributed by atoms with van der Waals surface area (Å²) in [6.45, 7) is 3.13. The Kier molecular flexibility index (Phi) is 2.85. The summed E-state index contributed by atoms with van der Waals surface area (Å²) in [5.74, 6) is -5.72. The van der Waals surface area contributed by atoms with E-state index in [1.54, 1.807) is 0 Å². The Balaban J connectivity index is 1.96. The molecule has 2 bridgehead atoms. The van der Waals surface area contributed by atoms with Gasteiger partial charge in [0, 0.05) is 11.0 Å². The number of fused-ring (bicyclic) bond motifs is 3. The van der Waals surface area contributed by atoms with Gasteiger partial charge < -0.3 is 14.2 Å². The van der Waals surface area contributed by atoms with Gasteiger partial charge in [-0.15, -0.1) is 0 Å². The highest BCUT2D eigenvalue weighted by Gasteiger charge is 2.53. The molecule has 4 rings (SSSR count). The summed E-state index contributed by atoms with van der Waals surface area (Å²) in [5.41, 5.74) is -0.216. The number of hydrogen-bond acceptors (Lipinski definition) is 3. The third kappa shape index (κ3) is 1.86. The largest absolute Gasteiger partial charge is 0.323 e. The SMILES string of the molecule is CCC12COC(c3cc(F)c(F)c(F)c3)(OC1)OC2. The Morgan fingerprint density at radius 2 is 1.47 bits per heavy atom. The normalized spacial score (nSPS) is 33.7. The zero-order chi connectivity index (χ0) is 13.7. The fourth-order valence-corrected chi connectivity index (χ4v) is 2.28. The van der Waals surface area contributed by atoms with Gasteiger partial charge in [-0.3, -0.25) is 0 Å². The number of rotatable bonds is 2. The molecular weight excluding hydrogens is 261 g/mol. The minimum atomic E-state index is -1.62. The Morgan fingerprint density at radius 3 is 1.89 bits per heavy atom. The van der Waals surface area contributed by atoms with E-state index in [4.69, 9.17) is 14.2 Å². The van der Waals surface area contributed by atoms with E-state index in [0.717, 1.165) is 18.6 Å². The minimum absolute atomic E-state index is 0.00620. The molecule has 104 valence electrons. The van der Waals surface area contributed by atoms with Crippen LogP contribution in [0.15, 0.2) is 12.1 Å². The molecule has 3 heterocycles. The smallest absolute Gasteiger partial charge is 0.312 e. The lowest BCUT2D eigenvalue weighted by molar-refractivity contribution is -0.480. The van der Waals surface area contributed by atoms with E-state index in [2.05, 4.69) is 0 Å². The van der Waals surface area contributed by atoms with Crippen molar-refractivity contribution in [2.75, 3.05) is 19.8 Å². The van der Waals surface area contributed by atoms with Crippen molar-refractivity contribution in [1.29, 1.82) is 0 Å². The lowest BCUT2D eigenvalue weighted by Gasteiger charge is -2.51. The highest BCUT2D eigenvalue weighted by Crippen LogP contribution is 2.45. The zero-order valence-electron chi connectivity index (χ0n) is 10.3. The van der Waals surface area contributed by atoms with Crippen LogP contribution in [0.3, 0.4) is 0 Å². The highest BCUT2D eigenvalue weighted by atomic mass is 19.2. The molecular formula is C13H13F3O3. The molecule has 1 aromatic carbocycles. The van der Waals surface area contributed by atoms with Crippen molar-refractivity contribution in [2.24, 2.45) is 5.41 Å². The van der Waals surface area contributed by atoms with Crippen LogP contribution in [-0.4, -0.2) is 19.8 Å². The van der Waals surface area contributed by atoms with E-state index in [-0.39, 0.29) is 11.0 Å². The molecule has 0 unspecified atom stereocenters. The molecule has 0 amide bonds. The van der Waals surface area contributed by atoms with Crippen molar-refractivity contribution in [1.82, 2.24) is 0 Å². The van der Waals surface area contributed by atoms with E-state index in [0.29, 0.717) is 19.8 Å². The second-order valence-corrected chi connectivity index (χ2v) is 5.03. The van der Waals surface area contributed by atoms with Gasteiger partial charge in [-0.05, 0) is 18.6 Å². The first-order valence-electron chi connectivity index (χ1n) is 6.07. The van der Waals surface area contributed by atoms with Crippen LogP contribution in [0.25, 0.3) is 0 Å². The highest BCUT2D eigenvalue weighted by molar-refractivity contribution is 5.23. The number of hydrogen-bond donors (Lipinski definition) is 0. The van der Waals surface area contributed by atoms with Crippen molar-refractivity contribution in [2.45, 2.75) is 19.3 Å². The molecule has 0 atom stereocenters. The predicted molar refractivity (Wildman–Crippen MR) is 58.6 cm³/mol. The molecule has 0 saturated carbocycles.